The number of aryl methyl sites for hydroxylation is 2. The standard InChI is InChI=1S/C20H20F3N5O2/c1-11-9-25-14(10-24-11)19(29)27-17(16-4-3-7-30-16)18-26-13-8-12(20(21,22)23)5-6-15(13)28(18)2/h5-6,8-10,16-17H,3-4,7H2,1-2H3,(H,27,29). The van der Waals surface area contributed by atoms with E-state index in [-0.39, 0.29) is 17.3 Å². The Balaban J connectivity index is 1.71. The van der Waals surface area contributed by atoms with Gasteiger partial charge in [0.05, 0.1) is 34.6 Å². The van der Waals surface area contributed by atoms with Gasteiger partial charge in [-0.1, -0.05) is 0 Å². The van der Waals surface area contributed by atoms with Crippen LogP contribution >= 0.6 is 0 Å². The first-order valence-corrected chi connectivity index (χ1v) is 9.49. The molecule has 3 heterocycles. The second-order valence-electron chi connectivity index (χ2n) is 7.28. The smallest absolute Gasteiger partial charge is 0.376 e. The molecule has 30 heavy (non-hydrogen) atoms. The lowest BCUT2D eigenvalue weighted by Crippen LogP contribution is -2.38. The summed E-state index contributed by atoms with van der Waals surface area (Å²) in [6, 6.07) is 2.78. The Morgan fingerprint density at radius 2 is 2.10 bits per heavy atom. The fraction of sp³-hybridized carbons (Fsp3) is 0.400. The number of alkyl halides is 3. The number of nitrogens with zero attached hydrogens (tertiary/aromatic N) is 4. The highest BCUT2D eigenvalue weighted by atomic mass is 19.4. The van der Waals surface area contributed by atoms with Gasteiger partial charge in [-0.25, -0.2) is 9.97 Å². The molecule has 2 unspecified atom stereocenters. The molecular weight excluding hydrogens is 399 g/mol. The van der Waals surface area contributed by atoms with Crippen LogP contribution in [0, 0.1) is 6.92 Å². The van der Waals surface area contributed by atoms with Crippen molar-refractivity contribution < 1.29 is 22.7 Å². The highest BCUT2D eigenvalue weighted by Gasteiger charge is 2.34. The predicted octanol–water partition coefficient (Wildman–Crippen LogP) is 3.34. The molecule has 2 aromatic heterocycles. The first-order chi connectivity index (χ1) is 14.2. The van der Waals surface area contributed by atoms with Gasteiger partial charge in [0.25, 0.3) is 5.91 Å². The van der Waals surface area contributed by atoms with Crippen LogP contribution in [0.4, 0.5) is 13.2 Å². The molecule has 3 aromatic rings. The van der Waals surface area contributed by atoms with Crippen molar-refractivity contribution in [1.29, 1.82) is 0 Å². The van der Waals surface area contributed by atoms with Crippen molar-refractivity contribution in [2.75, 3.05) is 6.61 Å². The molecule has 1 N–H and O–H groups in total. The van der Waals surface area contributed by atoms with Crippen LogP contribution in [0.15, 0.2) is 30.6 Å². The Hall–Kier alpha value is -3.01. The van der Waals surface area contributed by atoms with Crippen LogP contribution in [0.2, 0.25) is 0 Å². The van der Waals surface area contributed by atoms with Gasteiger partial charge in [0.1, 0.15) is 17.6 Å². The number of carbonyl (C=O) groups is 1. The molecule has 10 heteroatoms. The third-order valence-corrected chi connectivity index (χ3v) is 5.16. The SMILES string of the molecule is Cc1cnc(C(=O)NC(c2nc3cc(C(F)(F)F)ccc3n2C)C2CCCO2)cn1. The molecule has 1 aliphatic rings. The van der Waals surface area contributed by atoms with E-state index in [4.69, 9.17) is 4.74 Å². The highest BCUT2D eigenvalue weighted by Crippen LogP contribution is 2.33. The first-order valence-electron chi connectivity index (χ1n) is 9.49. The molecule has 0 aliphatic carbocycles. The monoisotopic (exact) mass is 419 g/mol. The maximum atomic E-state index is 13.1. The largest absolute Gasteiger partial charge is 0.416 e. The number of rotatable bonds is 4. The Bertz CT molecular complexity index is 1070. The zero-order chi connectivity index (χ0) is 21.5. The number of carbonyl (C=O) groups excluding carboxylic acids is 1. The second kappa shape index (κ2) is 7.67. The van der Waals surface area contributed by atoms with Gasteiger partial charge in [-0.3, -0.25) is 9.78 Å². The summed E-state index contributed by atoms with van der Waals surface area (Å²) in [4.78, 5) is 25.3. The third-order valence-electron chi connectivity index (χ3n) is 5.16. The van der Waals surface area contributed by atoms with E-state index in [1.807, 2.05) is 0 Å². The number of halogens is 3. The van der Waals surface area contributed by atoms with E-state index < -0.39 is 23.7 Å². The number of hydrogen-bond donors (Lipinski definition) is 1. The lowest BCUT2D eigenvalue weighted by atomic mass is 10.1. The zero-order valence-electron chi connectivity index (χ0n) is 16.4. The van der Waals surface area contributed by atoms with Gasteiger partial charge in [0, 0.05) is 19.9 Å². The summed E-state index contributed by atoms with van der Waals surface area (Å²) >= 11 is 0. The molecule has 0 saturated carbocycles. The molecule has 1 amide bonds. The average molecular weight is 419 g/mol. The lowest BCUT2D eigenvalue weighted by Gasteiger charge is -2.23. The summed E-state index contributed by atoms with van der Waals surface area (Å²) in [5, 5.41) is 2.89. The highest BCUT2D eigenvalue weighted by molar-refractivity contribution is 5.92. The van der Waals surface area contributed by atoms with Crippen LogP contribution in [-0.2, 0) is 18.0 Å². The predicted molar refractivity (Wildman–Crippen MR) is 102 cm³/mol. The van der Waals surface area contributed by atoms with Gasteiger partial charge < -0.3 is 14.6 Å². The van der Waals surface area contributed by atoms with Crippen LogP contribution in [0.5, 0.6) is 0 Å². The average Bonchev–Trinajstić information content (AvgIpc) is 3.34. The topological polar surface area (TPSA) is 81.9 Å². The number of benzene rings is 1. The molecule has 1 aliphatic heterocycles. The van der Waals surface area contributed by atoms with Crippen molar-refractivity contribution in [2.45, 2.75) is 38.1 Å². The Morgan fingerprint density at radius 3 is 2.73 bits per heavy atom. The van der Waals surface area contributed by atoms with E-state index in [0.29, 0.717) is 30.1 Å². The summed E-state index contributed by atoms with van der Waals surface area (Å²) in [6.07, 6.45) is -0.417. The van der Waals surface area contributed by atoms with Gasteiger partial charge in [-0.15, -0.1) is 0 Å². The zero-order valence-corrected chi connectivity index (χ0v) is 16.4. The number of fused-ring (bicyclic) bond motifs is 1. The van der Waals surface area contributed by atoms with Crippen LogP contribution in [0.3, 0.4) is 0 Å². The van der Waals surface area contributed by atoms with Crippen molar-refractivity contribution >= 4 is 16.9 Å². The number of ether oxygens (including phenoxy) is 1. The maximum absolute atomic E-state index is 13.1. The molecule has 7 nitrogen and oxygen atoms in total. The summed E-state index contributed by atoms with van der Waals surface area (Å²) in [5.41, 5.74) is 0.784. The van der Waals surface area contributed by atoms with Crippen molar-refractivity contribution in [3.8, 4) is 0 Å². The number of aromatic nitrogens is 4. The Kier molecular flexibility index (Phi) is 5.19. The van der Waals surface area contributed by atoms with Gasteiger partial charge in [-0.2, -0.15) is 13.2 Å². The van der Waals surface area contributed by atoms with E-state index in [9.17, 15) is 18.0 Å². The minimum Gasteiger partial charge on any atom is -0.376 e. The molecule has 158 valence electrons. The summed E-state index contributed by atoms with van der Waals surface area (Å²) in [5.74, 6) is -0.0318. The maximum Gasteiger partial charge on any atom is 0.416 e. The van der Waals surface area contributed by atoms with E-state index >= 15 is 0 Å². The van der Waals surface area contributed by atoms with E-state index in [0.717, 1.165) is 18.6 Å². The first kappa shape index (κ1) is 20.3. The minimum atomic E-state index is -4.46. The Morgan fingerprint density at radius 1 is 1.30 bits per heavy atom. The van der Waals surface area contributed by atoms with Crippen LogP contribution in [-0.4, -0.2) is 38.1 Å². The number of imidazole rings is 1. The molecular formula is C20H20F3N5O2. The van der Waals surface area contributed by atoms with Crippen LogP contribution in [0.1, 0.15) is 46.5 Å². The molecule has 0 bridgehead atoms. The summed E-state index contributed by atoms with van der Waals surface area (Å²) < 4.78 is 46.7. The molecule has 0 radical (unpaired) electrons. The molecule has 1 saturated heterocycles. The van der Waals surface area contributed by atoms with Gasteiger partial charge in [0.2, 0.25) is 0 Å². The fourth-order valence-electron chi connectivity index (χ4n) is 3.59. The van der Waals surface area contributed by atoms with E-state index in [1.54, 1.807) is 18.5 Å². The van der Waals surface area contributed by atoms with E-state index in [1.165, 1.54) is 18.5 Å². The van der Waals surface area contributed by atoms with Crippen molar-refractivity contribution in [3.05, 3.63) is 53.4 Å². The molecule has 1 fully saturated rings. The molecule has 2 atom stereocenters. The number of amides is 1. The molecule has 0 spiro atoms. The summed E-state index contributed by atoms with van der Waals surface area (Å²) in [6.45, 7) is 2.31. The van der Waals surface area contributed by atoms with Gasteiger partial charge in [-0.05, 0) is 38.0 Å². The third kappa shape index (κ3) is 3.87. The van der Waals surface area contributed by atoms with Crippen molar-refractivity contribution in [3.63, 3.8) is 0 Å². The van der Waals surface area contributed by atoms with Crippen molar-refractivity contribution in [1.82, 2.24) is 24.8 Å². The fourth-order valence-corrected chi connectivity index (χ4v) is 3.59. The van der Waals surface area contributed by atoms with Gasteiger partial charge in [0.15, 0.2) is 0 Å². The lowest BCUT2D eigenvalue weighted by molar-refractivity contribution is -0.137. The van der Waals surface area contributed by atoms with E-state index in [2.05, 4.69) is 20.3 Å². The summed E-state index contributed by atoms with van der Waals surface area (Å²) in [7, 11) is 1.71. The quantitative estimate of drug-likeness (QED) is 0.702. The Labute approximate surface area is 170 Å². The van der Waals surface area contributed by atoms with Crippen LogP contribution < -0.4 is 5.32 Å². The minimum absolute atomic E-state index is 0.140. The van der Waals surface area contributed by atoms with Crippen molar-refractivity contribution in [2.24, 2.45) is 7.05 Å². The number of nitrogens with one attached hydrogen (secondary N) is 1. The molecule has 1 aromatic carbocycles. The van der Waals surface area contributed by atoms with Gasteiger partial charge >= 0.3 is 6.18 Å². The second-order valence-corrected chi connectivity index (χ2v) is 7.28. The number of hydrogen-bond acceptors (Lipinski definition) is 5. The van der Waals surface area contributed by atoms with Crippen LogP contribution in [0.25, 0.3) is 11.0 Å². The molecule has 4 rings (SSSR count). The normalized spacial score (nSPS) is 18.0.